The number of carbonyl (C=O) groups is 1. The second-order valence-corrected chi connectivity index (χ2v) is 4.76. The highest BCUT2D eigenvalue weighted by molar-refractivity contribution is 5.92. The molecule has 0 unspecified atom stereocenters. The molecule has 0 saturated carbocycles. The van der Waals surface area contributed by atoms with Gasteiger partial charge in [-0.3, -0.25) is 9.59 Å². The molecule has 2 N–H and O–H groups in total. The number of hydrogen-bond acceptors (Lipinski definition) is 3. The van der Waals surface area contributed by atoms with Gasteiger partial charge in [0.2, 0.25) is 5.91 Å². The first kappa shape index (κ1) is 16.6. The molecule has 0 fully saturated rings. The Balaban J connectivity index is 2.06. The molecule has 0 spiro atoms. The highest BCUT2D eigenvalue weighted by Crippen LogP contribution is 2.34. The Bertz CT molecular complexity index is 769. The van der Waals surface area contributed by atoms with Crippen LogP contribution in [-0.4, -0.2) is 15.6 Å². The Morgan fingerprint density at radius 1 is 1.22 bits per heavy atom. The molecule has 0 saturated heterocycles. The molecule has 1 heterocycles. The summed E-state index contributed by atoms with van der Waals surface area (Å²) in [6.07, 6.45) is -3.21. The quantitative estimate of drug-likeness (QED) is 0.849. The number of hydrogen-bond donors (Lipinski definition) is 2. The van der Waals surface area contributed by atoms with Crippen molar-refractivity contribution in [3.05, 3.63) is 58.5 Å². The number of rotatable bonds is 4. The minimum atomic E-state index is -4.58. The second-order valence-electron chi connectivity index (χ2n) is 4.76. The average molecular weight is 326 g/mol. The summed E-state index contributed by atoms with van der Waals surface area (Å²) in [5.41, 5.74) is -1.60. The Kier molecular flexibility index (Phi) is 4.73. The van der Waals surface area contributed by atoms with Crippen molar-refractivity contribution in [1.82, 2.24) is 4.57 Å². The van der Waals surface area contributed by atoms with E-state index in [2.05, 4.69) is 5.32 Å². The summed E-state index contributed by atoms with van der Waals surface area (Å²) in [6.45, 7) is 0.0746. The van der Waals surface area contributed by atoms with E-state index >= 15 is 0 Å². The fourth-order valence-electron chi connectivity index (χ4n) is 1.89. The van der Waals surface area contributed by atoms with Gasteiger partial charge in [0.15, 0.2) is 0 Å². The van der Waals surface area contributed by atoms with Gasteiger partial charge in [-0.05, 0) is 24.3 Å². The third kappa shape index (κ3) is 4.35. The van der Waals surface area contributed by atoms with Crippen molar-refractivity contribution in [2.24, 2.45) is 0 Å². The van der Waals surface area contributed by atoms with Crippen LogP contribution >= 0.6 is 0 Å². The predicted molar refractivity (Wildman–Crippen MR) is 77.1 cm³/mol. The lowest BCUT2D eigenvalue weighted by atomic mass is 10.1. The molecule has 122 valence electrons. The smallest absolute Gasteiger partial charge is 0.416 e. The molecular weight excluding hydrogens is 313 g/mol. The van der Waals surface area contributed by atoms with E-state index in [4.69, 9.17) is 0 Å². The van der Waals surface area contributed by atoms with Gasteiger partial charge in [0.1, 0.15) is 5.75 Å². The maximum Gasteiger partial charge on any atom is 0.416 e. The number of benzene rings is 1. The van der Waals surface area contributed by atoms with Crippen molar-refractivity contribution in [1.29, 1.82) is 0 Å². The molecule has 2 aromatic rings. The van der Waals surface area contributed by atoms with Crippen LogP contribution in [0.15, 0.2) is 47.4 Å². The van der Waals surface area contributed by atoms with Gasteiger partial charge in [0, 0.05) is 25.2 Å². The molecule has 1 aromatic heterocycles. The molecule has 0 atom stereocenters. The van der Waals surface area contributed by atoms with Gasteiger partial charge in [0.05, 0.1) is 11.3 Å². The first-order valence-corrected chi connectivity index (χ1v) is 6.63. The molecule has 23 heavy (non-hydrogen) atoms. The number of carbonyl (C=O) groups excluding carboxylic acids is 1. The van der Waals surface area contributed by atoms with Gasteiger partial charge < -0.3 is 15.0 Å². The monoisotopic (exact) mass is 326 g/mol. The number of aryl methyl sites for hydroxylation is 1. The summed E-state index contributed by atoms with van der Waals surface area (Å²) in [7, 11) is 0. The number of halogens is 3. The van der Waals surface area contributed by atoms with Crippen molar-refractivity contribution in [3.8, 4) is 5.75 Å². The molecule has 1 aromatic carbocycles. The summed E-state index contributed by atoms with van der Waals surface area (Å²) in [6, 6.07) is 6.74. The predicted octanol–water partition coefficient (Wildman–Crippen LogP) is 2.60. The van der Waals surface area contributed by atoms with Gasteiger partial charge in [0.25, 0.3) is 5.56 Å². The fraction of sp³-hybridized carbons (Fsp3) is 0.200. The lowest BCUT2D eigenvalue weighted by molar-refractivity contribution is -0.137. The number of pyridine rings is 1. The summed E-state index contributed by atoms with van der Waals surface area (Å²) < 4.78 is 39.2. The number of phenols is 1. The maximum absolute atomic E-state index is 12.6. The van der Waals surface area contributed by atoms with Crippen LogP contribution in [-0.2, 0) is 17.5 Å². The minimum Gasteiger partial charge on any atom is -0.506 e. The Hall–Kier alpha value is -2.77. The van der Waals surface area contributed by atoms with Crippen LogP contribution in [0.2, 0.25) is 0 Å². The van der Waals surface area contributed by atoms with E-state index in [0.717, 1.165) is 6.07 Å². The lowest BCUT2D eigenvalue weighted by Gasteiger charge is -2.12. The Morgan fingerprint density at radius 2 is 1.96 bits per heavy atom. The van der Waals surface area contributed by atoms with Gasteiger partial charge in [-0.2, -0.15) is 13.2 Å². The van der Waals surface area contributed by atoms with Crippen LogP contribution < -0.4 is 10.9 Å². The van der Waals surface area contributed by atoms with Gasteiger partial charge in [-0.15, -0.1) is 0 Å². The first-order valence-electron chi connectivity index (χ1n) is 6.63. The van der Waals surface area contributed by atoms with Crippen LogP contribution in [0.1, 0.15) is 12.0 Å². The number of phenolic OH excluding ortho intramolecular Hbond substituents is 1. The topological polar surface area (TPSA) is 71.3 Å². The van der Waals surface area contributed by atoms with Gasteiger partial charge in [-0.25, -0.2) is 0 Å². The van der Waals surface area contributed by atoms with Crippen molar-refractivity contribution in [3.63, 3.8) is 0 Å². The largest absolute Gasteiger partial charge is 0.506 e. The highest BCUT2D eigenvalue weighted by atomic mass is 19.4. The molecule has 5 nitrogen and oxygen atoms in total. The third-order valence-electron chi connectivity index (χ3n) is 3.08. The number of amides is 1. The van der Waals surface area contributed by atoms with E-state index in [1.165, 1.54) is 16.8 Å². The molecule has 0 aliphatic heterocycles. The minimum absolute atomic E-state index is 0.0746. The molecule has 0 bridgehead atoms. The van der Waals surface area contributed by atoms with Crippen LogP contribution in [0, 0.1) is 0 Å². The SMILES string of the molecule is O=C(CCn1ccccc1=O)Nc1cc(C(F)(F)F)ccc1O. The lowest BCUT2D eigenvalue weighted by Crippen LogP contribution is -2.22. The molecule has 0 aliphatic rings. The number of nitrogens with one attached hydrogen (secondary N) is 1. The zero-order chi connectivity index (χ0) is 17.0. The molecule has 8 heteroatoms. The van der Waals surface area contributed by atoms with E-state index in [9.17, 15) is 27.9 Å². The second kappa shape index (κ2) is 6.55. The van der Waals surface area contributed by atoms with Crippen LogP contribution in [0.3, 0.4) is 0 Å². The van der Waals surface area contributed by atoms with E-state index in [-0.39, 0.29) is 24.2 Å². The summed E-state index contributed by atoms with van der Waals surface area (Å²) in [4.78, 5) is 23.3. The van der Waals surface area contributed by atoms with Crippen LogP contribution in [0.4, 0.5) is 18.9 Å². The van der Waals surface area contributed by atoms with E-state index in [0.29, 0.717) is 12.1 Å². The van der Waals surface area contributed by atoms with Crippen molar-refractivity contribution >= 4 is 11.6 Å². The van der Waals surface area contributed by atoms with Crippen molar-refractivity contribution < 1.29 is 23.1 Å². The van der Waals surface area contributed by atoms with Crippen LogP contribution in [0.25, 0.3) is 0 Å². The molecule has 0 aliphatic carbocycles. The fourth-order valence-corrected chi connectivity index (χ4v) is 1.89. The average Bonchev–Trinajstić information content (AvgIpc) is 2.47. The molecular formula is C15H13F3N2O3. The van der Waals surface area contributed by atoms with E-state index in [1.807, 2.05) is 0 Å². The van der Waals surface area contributed by atoms with E-state index < -0.39 is 23.4 Å². The number of aromatic hydroxyl groups is 1. The Labute approximate surface area is 129 Å². The summed E-state index contributed by atoms with van der Waals surface area (Å²) in [5, 5.41) is 11.7. The maximum atomic E-state index is 12.6. The number of nitrogens with zero attached hydrogens (tertiary/aromatic N) is 1. The Morgan fingerprint density at radius 3 is 2.61 bits per heavy atom. The third-order valence-corrected chi connectivity index (χ3v) is 3.08. The normalized spacial score (nSPS) is 11.3. The summed E-state index contributed by atoms with van der Waals surface area (Å²) >= 11 is 0. The summed E-state index contributed by atoms with van der Waals surface area (Å²) in [5.74, 6) is -1.08. The number of alkyl halides is 3. The molecule has 2 rings (SSSR count). The number of aromatic nitrogens is 1. The van der Waals surface area contributed by atoms with Gasteiger partial charge in [-0.1, -0.05) is 6.07 Å². The first-order chi connectivity index (χ1) is 10.8. The zero-order valence-electron chi connectivity index (χ0n) is 11.8. The van der Waals surface area contributed by atoms with E-state index in [1.54, 1.807) is 12.1 Å². The molecule has 0 radical (unpaired) electrons. The van der Waals surface area contributed by atoms with Crippen molar-refractivity contribution in [2.75, 3.05) is 5.32 Å². The highest BCUT2D eigenvalue weighted by Gasteiger charge is 2.31. The molecule has 1 amide bonds. The standard InChI is InChI=1S/C15H13F3N2O3/c16-15(17,18)10-4-5-12(21)11(9-10)19-13(22)6-8-20-7-2-1-3-14(20)23/h1-5,7,9,21H,6,8H2,(H,19,22). The van der Waals surface area contributed by atoms with Crippen molar-refractivity contribution in [2.45, 2.75) is 19.1 Å². The zero-order valence-corrected chi connectivity index (χ0v) is 11.8. The number of anilines is 1. The van der Waals surface area contributed by atoms with Crippen LogP contribution in [0.5, 0.6) is 5.75 Å². The van der Waals surface area contributed by atoms with Gasteiger partial charge >= 0.3 is 6.18 Å².